The van der Waals surface area contributed by atoms with Crippen LogP contribution < -0.4 is 10.2 Å². The predicted molar refractivity (Wildman–Crippen MR) is 80.2 cm³/mol. The van der Waals surface area contributed by atoms with Crippen molar-refractivity contribution in [2.45, 2.75) is 20.3 Å². The number of carbonyl (C=O) groups is 1. The van der Waals surface area contributed by atoms with Gasteiger partial charge in [-0.25, -0.2) is 0 Å². The molecule has 1 rings (SSSR count). The molecule has 20 heavy (non-hydrogen) atoms. The summed E-state index contributed by atoms with van der Waals surface area (Å²) in [7, 11) is 3.44. The topological polar surface area (TPSA) is 74.2 Å². The standard InChI is InChI=1S/C12H21ClN6O/c1-5-7-19(8-9(20)18(3)4)12-16-10(13)15-11(17-12)14-6-2/h5-8H2,1-4H3,(H,14,15,16,17). The Morgan fingerprint density at radius 2 is 1.95 bits per heavy atom. The van der Waals surface area contributed by atoms with Crippen LogP contribution in [0.3, 0.4) is 0 Å². The highest BCUT2D eigenvalue weighted by Gasteiger charge is 2.16. The van der Waals surface area contributed by atoms with Gasteiger partial charge in [0, 0.05) is 27.2 Å². The van der Waals surface area contributed by atoms with E-state index < -0.39 is 0 Å². The minimum atomic E-state index is -0.0139. The Morgan fingerprint density at radius 1 is 1.25 bits per heavy atom. The van der Waals surface area contributed by atoms with Gasteiger partial charge in [-0.2, -0.15) is 15.0 Å². The third-order valence-corrected chi connectivity index (χ3v) is 2.70. The van der Waals surface area contributed by atoms with Crippen LogP contribution >= 0.6 is 11.6 Å². The van der Waals surface area contributed by atoms with Gasteiger partial charge >= 0.3 is 0 Å². The Bertz CT molecular complexity index is 454. The van der Waals surface area contributed by atoms with Gasteiger partial charge in [-0.15, -0.1) is 0 Å². The van der Waals surface area contributed by atoms with Crippen LogP contribution in [0, 0.1) is 0 Å². The molecule has 0 fully saturated rings. The first-order valence-corrected chi connectivity index (χ1v) is 6.96. The van der Waals surface area contributed by atoms with Crippen molar-refractivity contribution in [2.24, 2.45) is 0 Å². The van der Waals surface area contributed by atoms with Crippen molar-refractivity contribution >= 4 is 29.4 Å². The molecule has 0 radical (unpaired) electrons. The van der Waals surface area contributed by atoms with Gasteiger partial charge < -0.3 is 15.1 Å². The molecule has 1 aromatic rings. The van der Waals surface area contributed by atoms with Crippen LogP contribution in [0.5, 0.6) is 0 Å². The zero-order valence-corrected chi connectivity index (χ0v) is 13.1. The fourth-order valence-electron chi connectivity index (χ4n) is 1.54. The average molecular weight is 301 g/mol. The highest BCUT2D eigenvalue weighted by molar-refractivity contribution is 6.28. The molecule has 0 spiro atoms. The Morgan fingerprint density at radius 3 is 2.50 bits per heavy atom. The molecule has 1 aromatic heterocycles. The van der Waals surface area contributed by atoms with Crippen LogP contribution in [0.4, 0.5) is 11.9 Å². The number of rotatable bonds is 7. The third kappa shape index (κ3) is 4.80. The van der Waals surface area contributed by atoms with Crippen molar-refractivity contribution in [3.05, 3.63) is 5.28 Å². The molecule has 8 heteroatoms. The van der Waals surface area contributed by atoms with Gasteiger partial charge in [-0.05, 0) is 24.9 Å². The third-order valence-electron chi connectivity index (χ3n) is 2.53. The first-order valence-electron chi connectivity index (χ1n) is 6.58. The van der Waals surface area contributed by atoms with Gasteiger partial charge in [0.05, 0.1) is 6.54 Å². The largest absolute Gasteiger partial charge is 0.354 e. The van der Waals surface area contributed by atoms with Crippen molar-refractivity contribution in [1.82, 2.24) is 19.9 Å². The maximum absolute atomic E-state index is 11.9. The second kappa shape index (κ2) is 7.84. The molecular weight excluding hydrogens is 280 g/mol. The average Bonchev–Trinajstić information content (AvgIpc) is 2.37. The van der Waals surface area contributed by atoms with Crippen molar-refractivity contribution in [3.8, 4) is 0 Å². The monoisotopic (exact) mass is 300 g/mol. The van der Waals surface area contributed by atoms with E-state index in [9.17, 15) is 4.79 Å². The Labute approximate surface area is 124 Å². The maximum Gasteiger partial charge on any atom is 0.241 e. The molecular formula is C12H21ClN6O. The molecule has 0 atom stereocenters. The van der Waals surface area contributed by atoms with Crippen LogP contribution in [0.1, 0.15) is 20.3 Å². The van der Waals surface area contributed by atoms with E-state index in [0.29, 0.717) is 25.0 Å². The zero-order chi connectivity index (χ0) is 15.1. The van der Waals surface area contributed by atoms with Crippen LogP contribution in [0.25, 0.3) is 0 Å². The summed E-state index contributed by atoms with van der Waals surface area (Å²) in [6.45, 7) is 5.54. The van der Waals surface area contributed by atoms with E-state index in [1.54, 1.807) is 19.0 Å². The van der Waals surface area contributed by atoms with Crippen molar-refractivity contribution in [1.29, 1.82) is 0 Å². The first-order chi connectivity index (χ1) is 9.47. The number of nitrogens with zero attached hydrogens (tertiary/aromatic N) is 5. The van der Waals surface area contributed by atoms with E-state index in [0.717, 1.165) is 6.42 Å². The molecule has 0 aromatic carbocycles. The summed E-state index contributed by atoms with van der Waals surface area (Å²) in [6.07, 6.45) is 0.876. The van der Waals surface area contributed by atoms with Gasteiger partial charge in [0.1, 0.15) is 0 Å². The lowest BCUT2D eigenvalue weighted by atomic mass is 10.4. The predicted octanol–water partition coefficient (Wildman–Crippen LogP) is 1.26. The summed E-state index contributed by atoms with van der Waals surface area (Å²) in [6, 6.07) is 0. The summed E-state index contributed by atoms with van der Waals surface area (Å²) >= 11 is 5.90. The van der Waals surface area contributed by atoms with E-state index in [1.165, 1.54) is 4.90 Å². The molecule has 0 saturated carbocycles. The van der Waals surface area contributed by atoms with E-state index in [-0.39, 0.29) is 17.7 Å². The lowest BCUT2D eigenvalue weighted by Crippen LogP contribution is -2.38. The number of halogens is 1. The van der Waals surface area contributed by atoms with Crippen LogP contribution in [-0.2, 0) is 4.79 Å². The first kappa shape index (κ1) is 16.4. The molecule has 0 unspecified atom stereocenters. The van der Waals surface area contributed by atoms with Crippen molar-refractivity contribution < 1.29 is 4.79 Å². The Hall–Kier alpha value is -1.63. The van der Waals surface area contributed by atoms with Gasteiger partial charge in [0.15, 0.2) is 0 Å². The van der Waals surface area contributed by atoms with Gasteiger partial charge in [-0.1, -0.05) is 6.92 Å². The number of anilines is 2. The number of likely N-dealkylation sites (N-methyl/N-ethyl adjacent to an activating group) is 1. The number of aromatic nitrogens is 3. The maximum atomic E-state index is 11.9. The molecule has 1 heterocycles. The normalized spacial score (nSPS) is 10.2. The van der Waals surface area contributed by atoms with Gasteiger partial charge in [0.25, 0.3) is 0 Å². The van der Waals surface area contributed by atoms with Crippen LogP contribution in [0.2, 0.25) is 5.28 Å². The lowest BCUT2D eigenvalue weighted by molar-refractivity contribution is -0.127. The van der Waals surface area contributed by atoms with Gasteiger partial charge in [0.2, 0.25) is 23.1 Å². The number of hydrogen-bond donors (Lipinski definition) is 1. The summed E-state index contributed by atoms with van der Waals surface area (Å²) in [4.78, 5) is 27.6. The number of hydrogen-bond acceptors (Lipinski definition) is 6. The molecule has 1 amide bonds. The number of amides is 1. The molecule has 0 aliphatic carbocycles. The molecule has 1 N–H and O–H groups in total. The SMILES string of the molecule is CCCN(CC(=O)N(C)C)c1nc(Cl)nc(NCC)n1. The highest BCUT2D eigenvalue weighted by Crippen LogP contribution is 2.14. The summed E-state index contributed by atoms with van der Waals surface area (Å²) in [5.41, 5.74) is 0. The zero-order valence-electron chi connectivity index (χ0n) is 12.4. The molecule has 0 bridgehead atoms. The fourth-order valence-corrected chi connectivity index (χ4v) is 1.70. The van der Waals surface area contributed by atoms with Crippen molar-refractivity contribution in [3.63, 3.8) is 0 Å². The summed E-state index contributed by atoms with van der Waals surface area (Å²) in [5, 5.41) is 3.11. The fraction of sp³-hybridized carbons (Fsp3) is 0.667. The van der Waals surface area contributed by atoms with Crippen LogP contribution in [-0.4, -0.2) is 59.5 Å². The quantitative estimate of drug-likeness (QED) is 0.817. The highest BCUT2D eigenvalue weighted by atomic mass is 35.5. The molecule has 112 valence electrons. The van der Waals surface area contributed by atoms with E-state index in [4.69, 9.17) is 11.6 Å². The van der Waals surface area contributed by atoms with E-state index >= 15 is 0 Å². The van der Waals surface area contributed by atoms with E-state index in [1.807, 2.05) is 13.8 Å². The van der Waals surface area contributed by atoms with Crippen LogP contribution in [0.15, 0.2) is 0 Å². The Kier molecular flexibility index (Phi) is 6.44. The molecule has 0 aliphatic heterocycles. The molecule has 0 saturated heterocycles. The number of nitrogens with one attached hydrogen (secondary N) is 1. The summed E-state index contributed by atoms with van der Waals surface area (Å²) in [5.74, 6) is 0.818. The number of carbonyl (C=O) groups excluding carboxylic acids is 1. The second-order valence-corrected chi connectivity index (χ2v) is 4.81. The van der Waals surface area contributed by atoms with Gasteiger partial charge in [-0.3, -0.25) is 4.79 Å². The minimum absolute atomic E-state index is 0.0139. The lowest BCUT2D eigenvalue weighted by Gasteiger charge is -2.23. The second-order valence-electron chi connectivity index (χ2n) is 4.47. The van der Waals surface area contributed by atoms with E-state index in [2.05, 4.69) is 20.3 Å². The summed E-state index contributed by atoms with van der Waals surface area (Å²) < 4.78 is 0. The minimum Gasteiger partial charge on any atom is -0.354 e. The Balaban J connectivity index is 2.98. The molecule has 0 aliphatic rings. The molecule has 7 nitrogen and oxygen atoms in total. The smallest absolute Gasteiger partial charge is 0.241 e. The van der Waals surface area contributed by atoms with Crippen molar-refractivity contribution in [2.75, 3.05) is 43.9 Å².